The number of unbranched alkanes of at least 4 members (excludes halogenated alkanes) is 1. The second-order valence-corrected chi connectivity index (χ2v) is 5.15. The average Bonchev–Trinajstić information content (AvgIpc) is 2.49. The van der Waals surface area contributed by atoms with Crippen molar-refractivity contribution in [1.29, 1.82) is 0 Å². The third-order valence-corrected chi connectivity index (χ3v) is 3.15. The lowest BCUT2D eigenvalue weighted by Gasteiger charge is -2.20. The average molecular weight is 329 g/mol. The molecule has 0 radical (unpaired) electrons. The van der Waals surface area contributed by atoms with Gasteiger partial charge in [0.25, 0.3) is 0 Å². The van der Waals surface area contributed by atoms with Crippen LogP contribution >= 0.6 is 0 Å². The van der Waals surface area contributed by atoms with Gasteiger partial charge >= 0.3 is 0 Å². The van der Waals surface area contributed by atoms with Gasteiger partial charge in [0.1, 0.15) is 12.1 Å². The van der Waals surface area contributed by atoms with Crippen LogP contribution in [0.15, 0.2) is 0 Å². The molecule has 0 aliphatic heterocycles. The summed E-state index contributed by atoms with van der Waals surface area (Å²) < 4.78 is 0. The standard InChI is InChI=1S/C14H27N5O4/c1-3-12(21)17-7-5-4-6-10(18-9(2)20)14(23)19-11(8-15)13(16)22/h10-11H,3-8,15H2,1-2H3,(H2,16,22)(H,17,21)(H,18,20)(H,19,23). The molecule has 132 valence electrons. The highest BCUT2D eigenvalue weighted by Gasteiger charge is 2.23. The van der Waals surface area contributed by atoms with Crippen molar-refractivity contribution in [3.63, 3.8) is 0 Å². The summed E-state index contributed by atoms with van der Waals surface area (Å²) >= 11 is 0. The van der Waals surface area contributed by atoms with Crippen LogP contribution in [0.5, 0.6) is 0 Å². The summed E-state index contributed by atoms with van der Waals surface area (Å²) in [6.45, 7) is 3.46. The van der Waals surface area contributed by atoms with E-state index in [-0.39, 0.29) is 18.4 Å². The van der Waals surface area contributed by atoms with E-state index in [1.165, 1.54) is 6.92 Å². The summed E-state index contributed by atoms with van der Waals surface area (Å²) in [6, 6.07) is -1.75. The predicted molar refractivity (Wildman–Crippen MR) is 84.9 cm³/mol. The highest BCUT2D eigenvalue weighted by atomic mass is 16.2. The Bertz CT molecular complexity index is 427. The van der Waals surface area contributed by atoms with E-state index in [1.807, 2.05) is 0 Å². The van der Waals surface area contributed by atoms with Crippen LogP contribution in [0.1, 0.15) is 39.5 Å². The van der Waals surface area contributed by atoms with Crippen LogP contribution in [0.2, 0.25) is 0 Å². The maximum absolute atomic E-state index is 12.1. The molecular formula is C14H27N5O4. The normalized spacial score (nSPS) is 12.8. The van der Waals surface area contributed by atoms with Crippen molar-refractivity contribution in [3.8, 4) is 0 Å². The maximum Gasteiger partial charge on any atom is 0.243 e. The Morgan fingerprint density at radius 3 is 2.17 bits per heavy atom. The van der Waals surface area contributed by atoms with Crippen LogP contribution in [-0.2, 0) is 19.2 Å². The lowest BCUT2D eigenvalue weighted by molar-refractivity contribution is -0.130. The lowest BCUT2D eigenvalue weighted by atomic mass is 10.1. The number of rotatable bonds is 11. The number of amides is 4. The van der Waals surface area contributed by atoms with E-state index in [4.69, 9.17) is 11.5 Å². The quantitative estimate of drug-likeness (QED) is 0.280. The monoisotopic (exact) mass is 329 g/mol. The minimum atomic E-state index is -0.970. The van der Waals surface area contributed by atoms with E-state index in [2.05, 4.69) is 16.0 Å². The molecule has 0 bridgehead atoms. The zero-order chi connectivity index (χ0) is 17.8. The van der Waals surface area contributed by atoms with E-state index in [9.17, 15) is 19.2 Å². The topological polar surface area (TPSA) is 156 Å². The molecule has 0 saturated carbocycles. The molecule has 0 aliphatic carbocycles. The Kier molecular flexibility index (Phi) is 10.3. The van der Waals surface area contributed by atoms with Gasteiger partial charge in [-0.15, -0.1) is 0 Å². The zero-order valence-corrected chi connectivity index (χ0v) is 13.7. The number of primary amides is 1. The summed E-state index contributed by atoms with van der Waals surface area (Å²) in [5.74, 6) is -1.63. The third-order valence-electron chi connectivity index (χ3n) is 3.15. The second kappa shape index (κ2) is 11.4. The molecule has 0 fully saturated rings. The van der Waals surface area contributed by atoms with Crippen molar-refractivity contribution in [2.45, 2.75) is 51.6 Å². The van der Waals surface area contributed by atoms with E-state index >= 15 is 0 Å². The molecule has 23 heavy (non-hydrogen) atoms. The number of carbonyl (C=O) groups is 4. The highest BCUT2D eigenvalue weighted by molar-refractivity contribution is 5.91. The number of nitrogens with one attached hydrogen (secondary N) is 3. The summed E-state index contributed by atoms with van der Waals surface area (Å²) in [7, 11) is 0. The Balaban J connectivity index is 4.39. The van der Waals surface area contributed by atoms with Crippen molar-refractivity contribution in [3.05, 3.63) is 0 Å². The van der Waals surface area contributed by atoms with Crippen LogP contribution in [0.3, 0.4) is 0 Å². The van der Waals surface area contributed by atoms with Gasteiger partial charge in [0.2, 0.25) is 23.6 Å². The number of hydrogen-bond donors (Lipinski definition) is 5. The number of nitrogens with two attached hydrogens (primary N) is 2. The summed E-state index contributed by atoms with van der Waals surface area (Å²) in [6.07, 6.45) is 2.09. The van der Waals surface area contributed by atoms with Gasteiger partial charge < -0.3 is 27.4 Å². The van der Waals surface area contributed by atoms with Gasteiger partial charge in [-0.05, 0) is 19.3 Å². The van der Waals surface area contributed by atoms with Crippen molar-refractivity contribution in [1.82, 2.24) is 16.0 Å². The third kappa shape index (κ3) is 9.46. The smallest absolute Gasteiger partial charge is 0.243 e. The molecule has 0 spiro atoms. The van der Waals surface area contributed by atoms with Gasteiger partial charge in [0.15, 0.2) is 0 Å². The fourth-order valence-corrected chi connectivity index (χ4v) is 1.86. The van der Waals surface area contributed by atoms with Crippen LogP contribution in [0.4, 0.5) is 0 Å². The van der Waals surface area contributed by atoms with E-state index in [1.54, 1.807) is 6.92 Å². The Labute approximate surface area is 135 Å². The molecule has 0 aromatic carbocycles. The minimum Gasteiger partial charge on any atom is -0.368 e. The van der Waals surface area contributed by atoms with Crippen molar-refractivity contribution < 1.29 is 19.2 Å². The molecule has 9 nitrogen and oxygen atoms in total. The fourth-order valence-electron chi connectivity index (χ4n) is 1.86. The molecule has 2 atom stereocenters. The van der Waals surface area contributed by atoms with E-state index < -0.39 is 23.9 Å². The van der Waals surface area contributed by atoms with E-state index in [0.29, 0.717) is 32.2 Å². The van der Waals surface area contributed by atoms with Crippen molar-refractivity contribution in [2.24, 2.45) is 11.5 Å². The Hall–Kier alpha value is -2.16. The first kappa shape index (κ1) is 20.8. The van der Waals surface area contributed by atoms with Crippen LogP contribution in [0.25, 0.3) is 0 Å². The van der Waals surface area contributed by atoms with E-state index in [0.717, 1.165) is 0 Å². The summed E-state index contributed by atoms with van der Waals surface area (Å²) in [5.41, 5.74) is 10.5. The molecule has 9 heteroatoms. The molecule has 7 N–H and O–H groups in total. The Morgan fingerprint density at radius 1 is 1.04 bits per heavy atom. The second-order valence-electron chi connectivity index (χ2n) is 5.15. The Morgan fingerprint density at radius 2 is 1.70 bits per heavy atom. The SMILES string of the molecule is CCC(=O)NCCCCC(NC(C)=O)C(=O)NC(CN)C(N)=O. The fraction of sp³-hybridized carbons (Fsp3) is 0.714. The van der Waals surface area contributed by atoms with Gasteiger partial charge in [-0.3, -0.25) is 19.2 Å². The summed E-state index contributed by atoms with van der Waals surface area (Å²) in [4.78, 5) is 45.5. The molecule has 0 aromatic rings. The van der Waals surface area contributed by atoms with Crippen LogP contribution < -0.4 is 27.4 Å². The largest absolute Gasteiger partial charge is 0.368 e. The molecule has 4 amide bonds. The van der Waals surface area contributed by atoms with Gasteiger partial charge in [0, 0.05) is 26.4 Å². The van der Waals surface area contributed by atoms with Gasteiger partial charge in [-0.25, -0.2) is 0 Å². The molecule has 0 aliphatic rings. The highest BCUT2D eigenvalue weighted by Crippen LogP contribution is 2.02. The first-order valence-corrected chi connectivity index (χ1v) is 7.65. The first-order valence-electron chi connectivity index (χ1n) is 7.65. The molecule has 0 aromatic heterocycles. The van der Waals surface area contributed by atoms with Gasteiger partial charge in [-0.2, -0.15) is 0 Å². The molecule has 0 rings (SSSR count). The number of hydrogen-bond acceptors (Lipinski definition) is 5. The molecule has 2 unspecified atom stereocenters. The van der Waals surface area contributed by atoms with Crippen molar-refractivity contribution in [2.75, 3.05) is 13.1 Å². The molecule has 0 heterocycles. The minimum absolute atomic E-state index is 0.0339. The maximum atomic E-state index is 12.1. The van der Waals surface area contributed by atoms with Gasteiger partial charge in [-0.1, -0.05) is 6.92 Å². The van der Waals surface area contributed by atoms with Crippen molar-refractivity contribution >= 4 is 23.6 Å². The molecule has 0 saturated heterocycles. The molecular weight excluding hydrogens is 302 g/mol. The zero-order valence-electron chi connectivity index (χ0n) is 13.7. The number of carbonyl (C=O) groups excluding carboxylic acids is 4. The predicted octanol–water partition coefficient (Wildman–Crippen LogP) is -1.88. The van der Waals surface area contributed by atoms with Crippen LogP contribution in [0, 0.1) is 0 Å². The summed E-state index contributed by atoms with van der Waals surface area (Å²) in [5, 5.41) is 7.67. The lowest BCUT2D eigenvalue weighted by Crippen LogP contribution is -2.55. The first-order chi connectivity index (χ1) is 10.8. The van der Waals surface area contributed by atoms with Crippen LogP contribution in [-0.4, -0.2) is 48.8 Å². The van der Waals surface area contributed by atoms with Gasteiger partial charge in [0.05, 0.1) is 0 Å².